The van der Waals surface area contributed by atoms with Crippen molar-refractivity contribution in [3.63, 3.8) is 0 Å². The lowest BCUT2D eigenvalue weighted by Gasteiger charge is -2.25. The van der Waals surface area contributed by atoms with Crippen LogP contribution in [0.5, 0.6) is 0 Å². The van der Waals surface area contributed by atoms with Crippen LogP contribution in [-0.4, -0.2) is 60.5 Å². The first-order valence-electron chi connectivity index (χ1n) is 12.0. The summed E-state index contributed by atoms with van der Waals surface area (Å²) in [6.07, 6.45) is -16.9. The number of nitrogens with one attached hydrogen (secondary N) is 3. The fourth-order valence-corrected chi connectivity index (χ4v) is 3.95. The summed E-state index contributed by atoms with van der Waals surface area (Å²) in [5.74, 6) is -0.897. The average Bonchev–Trinajstić information content (AvgIpc) is 3.21. The van der Waals surface area contributed by atoms with E-state index in [1.54, 1.807) is 20.8 Å². The van der Waals surface area contributed by atoms with Gasteiger partial charge in [0, 0.05) is 6.42 Å². The molecule has 226 valence electrons. The van der Waals surface area contributed by atoms with Gasteiger partial charge in [0.25, 0.3) is 0 Å². The third kappa shape index (κ3) is 8.71. The third-order valence-corrected chi connectivity index (χ3v) is 5.74. The standard InChI is InChI=1S/C25H25F9N4O3/c1-22(2,3)41-21(40)37-17(8-12-4-6-13(7-5-12)23(26,27)28)20(39)35-11-18-36-16-10-14(24(29,30)31)9-15(19(16)38-18)25(32,33)34/h4-7,9-10,17-19,38H,8,11H2,1-3H3,(H,35,39)(H,37,40)/t17-,18?,19?/m1/s1. The molecule has 16 heteroatoms. The molecular formula is C25H25F9N4O3. The van der Waals surface area contributed by atoms with Crippen molar-refractivity contribution in [1.29, 1.82) is 0 Å². The Morgan fingerprint density at radius 3 is 2.05 bits per heavy atom. The summed E-state index contributed by atoms with van der Waals surface area (Å²) >= 11 is 0. The molecule has 0 radical (unpaired) electrons. The van der Waals surface area contributed by atoms with E-state index in [-0.39, 0.29) is 18.1 Å². The van der Waals surface area contributed by atoms with Crippen molar-refractivity contribution in [2.75, 3.05) is 6.54 Å². The van der Waals surface area contributed by atoms with Gasteiger partial charge in [-0.25, -0.2) is 4.79 Å². The Bertz CT molecular complexity index is 1240. The highest BCUT2D eigenvalue weighted by Crippen LogP contribution is 2.38. The van der Waals surface area contributed by atoms with Crippen molar-refractivity contribution in [2.24, 2.45) is 4.99 Å². The summed E-state index contributed by atoms with van der Waals surface area (Å²) in [4.78, 5) is 29.1. The second-order valence-corrected chi connectivity index (χ2v) is 10.2. The zero-order chi connectivity index (χ0) is 31.0. The Labute approximate surface area is 227 Å². The number of aliphatic imine (C=N–C) groups is 1. The quantitative estimate of drug-likeness (QED) is 0.402. The number of nitrogens with zero attached hydrogens (tertiary/aromatic N) is 1. The van der Waals surface area contributed by atoms with E-state index in [0.717, 1.165) is 24.3 Å². The summed E-state index contributed by atoms with van der Waals surface area (Å²) in [5.41, 5.74) is -5.25. The summed E-state index contributed by atoms with van der Waals surface area (Å²) in [6, 6.07) is 0.667. The number of halogens is 9. The lowest BCUT2D eigenvalue weighted by atomic mass is 9.92. The number of alkyl halides is 9. The van der Waals surface area contributed by atoms with Gasteiger partial charge < -0.3 is 15.4 Å². The second-order valence-electron chi connectivity index (χ2n) is 10.2. The summed E-state index contributed by atoms with van der Waals surface area (Å²) in [6.45, 7) is 4.15. The van der Waals surface area contributed by atoms with Gasteiger partial charge in [0.15, 0.2) is 0 Å². The average molecular weight is 600 g/mol. The van der Waals surface area contributed by atoms with E-state index in [4.69, 9.17) is 4.74 Å². The van der Waals surface area contributed by atoms with Crippen molar-refractivity contribution >= 4 is 17.7 Å². The number of hydrogen-bond donors (Lipinski definition) is 3. The lowest BCUT2D eigenvalue weighted by Crippen LogP contribution is -2.52. The summed E-state index contributed by atoms with van der Waals surface area (Å²) in [7, 11) is 0. The molecule has 1 aliphatic heterocycles. The van der Waals surface area contributed by atoms with Crippen LogP contribution in [-0.2, 0) is 22.1 Å². The van der Waals surface area contributed by atoms with Crippen molar-refractivity contribution in [1.82, 2.24) is 16.0 Å². The Hall–Kier alpha value is -3.56. The van der Waals surface area contributed by atoms with Gasteiger partial charge in [0.1, 0.15) is 17.8 Å². The van der Waals surface area contributed by atoms with Gasteiger partial charge in [0.2, 0.25) is 5.91 Å². The number of ether oxygens (including phenoxy) is 1. The SMILES string of the molecule is CC(C)(C)OC(=O)N[C@H](Cc1ccc(C(F)(F)F)cc1)C(=O)NCC1N=C2C=C(C(F)(F)F)C=C(C(F)(F)F)C2N1. The molecule has 3 atom stereocenters. The van der Waals surface area contributed by atoms with E-state index < -0.39 is 83.3 Å². The van der Waals surface area contributed by atoms with Crippen molar-refractivity contribution in [2.45, 2.75) is 69.6 Å². The molecule has 2 unspecified atom stereocenters. The lowest BCUT2D eigenvalue weighted by molar-refractivity contribution is -0.137. The molecular weight excluding hydrogens is 575 g/mol. The highest BCUT2D eigenvalue weighted by Gasteiger charge is 2.48. The molecule has 3 N–H and O–H groups in total. The largest absolute Gasteiger partial charge is 0.444 e. The Kier molecular flexibility index (Phi) is 8.86. The molecule has 1 aromatic carbocycles. The third-order valence-electron chi connectivity index (χ3n) is 5.74. The van der Waals surface area contributed by atoms with Gasteiger partial charge in [-0.1, -0.05) is 12.1 Å². The molecule has 2 amide bonds. The van der Waals surface area contributed by atoms with Crippen LogP contribution in [0.15, 0.2) is 52.6 Å². The normalized spacial score (nSPS) is 20.3. The minimum atomic E-state index is -5.11. The molecule has 0 saturated carbocycles. The number of amides is 2. The van der Waals surface area contributed by atoms with Crippen LogP contribution in [0.3, 0.4) is 0 Å². The molecule has 0 spiro atoms. The molecule has 1 aliphatic carbocycles. The maximum Gasteiger partial charge on any atom is 0.416 e. The van der Waals surface area contributed by atoms with Crippen LogP contribution < -0.4 is 16.0 Å². The smallest absolute Gasteiger partial charge is 0.416 e. The van der Waals surface area contributed by atoms with E-state index in [9.17, 15) is 49.1 Å². The molecule has 41 heavy (non-hydrogen) atoms. The highest BCUT2D eigenvalue weighted by molar-refractivity contribution is 6.05. The number of rotatable bonds is 6. The predicted octanol–water partition coefficient (Wildman–Crippen LogP) is 4.99. The molecule has 0 fully saturated rings. The minimum absolute atomic E-state index is 0.0114. The van der Waals surface area contributed by atoms with Gasteiger partial charge in [-0.05, 0) is 50.6 Å². The molecule has 2 aliphatic rings. The predicted molar refractivity (Wildman–Crippen MR) is 128 cm³/mol. The van der Waals surface area contributed by atoms with Gasteiger partial charge in [0.05, 0.1) is 35.0 Å². The monoisotopic (exact) mass is 600 g/mol. The van der Waals surface area contributed by atoms with Crippen LogP contribution >= 0.6 is 0 Å². The van der Waals surface area contributed by atoms with Crippen LogP contribution in [0.25, 0.3) is 0 Å². The number of alkyl carbamates (subject to hydrolysis) is 1. The summed E-state index contributed by atoms with van der Waals surface area (Å²) < 4.78 is 124. The van der Waals surface area contributed by atoms with E-state index >= 15 is 0 Å². The van der Waals surface area contributed by atoms with Crippen LogP contribution in [0, 0.1) is 0 Å². The molecule has 0 saturated heterocycles. The van der Waals surface area contributed by atoms with Crippen molar-refractivity contribution in [3.05, 3.63) is 58.7 Å². The highest BCUT2D eigenvalue weighted by atomic mass is 19.4. The van der Waals surface area contributed by atoms with Crippen molar-refractivity contribution in [3.8, 4) is 0 Å². The fourth-order valence-electron chi connectivity index (χ4n) is 3.95. The number of fused-ring (bicyclic) bond motifs is 1. The number of benzene rings is 1. The molecule has 3 rings (SSSR count). The Balaban J connectivity index is 1.76. The van der Waals surface area contributed by atoms with Gasteiger partial charge in [-0.2, -0.15) is 39.5 Å². The maximum atomic E-state index is 13.5. The van der Waals surface area contributed by atoms with Crippen molar-refractivity contribution < 1.29 is 53.8 Å². The first-order valence-corrected chi connectivity index (χ1v) is 12.0. The van der Waals surface area contributed by atoms with E-state index in [1.807, 2.05) is 0 Å². The number of hydrogen-bond acceptors (Lipinski definition) is 5. The minimum Gasteiger partial charge on any atom is -0.444 e. The fraction of sp³-hybridized carbons (Fsp3) is 0.480. The molecule has 1 aromatic rings. The van der Waals surface area contributed by atoms with E-state index in [0.29, 0.717) is 6.08 Å². The molecule has 0 aromatic heterocycles. The molecule has 7 nitrogen and oxygen atoms in total. The Morgan fingerprint density at radius 1 is 0.927 bits per heavy atom. The van der Waals surface area contributed by atoms with Crippen LogP contribution in [0.2, 0.25) is 0 Å². The zero-order valence-corrected chi connectivity index (χ0v) is 21.7. The first-order chi connectivity index (χ1) is 18.6. The number of allylic oxidation sites excluding steroid dienone is 2. The maximum absolute atomic E-state index is 13.5. The summed E-state index contributed by atoms with van der Waals surface area (Å²) in [5, 5.41) is 7.07. The molecule has 1 heterocycles. The van der Waals surface area contributed by atoms with Gasteiger partial charge >= 0.3 is 24.6 Å². The van der Waals surface area contributed by atoms with E-state index in [1.165, 1.54) is 0 Å². The van der Waals surface area contributed by atoms with Gasteiger partial charge in [-0.15, -0.1) is 0 Å². The number of carbonyl (C=O) groups excluding carboxylic acids is 2. The topological polar surface area (TPSA) is 91.8 Å². The number of carbonyl (C=O) groups is 2. The zero-order valence-electron chi connectivity index (χ0n) is 21.7. The van der Waals surface area contributed by atoms with Gasteiger partial charge in [-0.3, -0.25) is 15.1 Å². The first kappa shape index (κ1) is 32.0. The van der Waals surface area contributed by atoms with Crippen LogP contribution in [0.1, 0.15) is 31.9 Å². The second kappa shape index (κ2) is 11.4. The Morgan fingerprint density at radius 2 is 1.54 bits per heavy atom. The van der Waals surface area contributed by atoms with E-state index in [2.05, 4.69) is 20.9 Å². The van der Waals surface area contributed by atoms with Crippen LogP contribution in [0.4, 0.5) is 44.3 Å². The molecule has 0 bridgehead atoms.